The molecule has 0 spiro atoms. The fourth-order valence-corrected chi connectivity index (χ4v) is 6.31. The molecule has 1 saturated heterocycles. The van der Waals surface area contributed by atoms with Crippen LogP contribution in [0.25, 0.3) is 0 Å². The van der Waals surface area contributed by atoms with Gasteiger partial charge in [0, 0.05) is 31.7 Å². The van der Waals surface area contributed by atoms with Gasteiger partial charge in [0.1, 0.15) is 6.26 Å². The summed E-state index contributed by atoms with van der Waals surface area (Å²) in [6, 6.07) is 8.80. The Morgan fingerprint density at radius 1 is 0.938 bits per heavy atom. The van der Waals surface area contributed by atoms with Gasteiger partial charge in [0.2, 0.25) is 5.88 Å². The summed E-state index contributed by atoms with van der Waals surface area (Å²) in [7, 11) is 0. The molecule has 4 rings (SSSR count). The summed E-state index contributed by atoms with van der Waals surface area (Å²) in [5, 5.41) is 0. The smallest absolute Gasteiger partial charge is 0.269 e. The van der Waals surface area contributed by atoms with Gasteiger partial charge in [0.05, 0.1) is 0 Å². The van der Waals surface area contributed by atoms with E-state index in [1.54, 1.807) is 0 Å². The minimum Gasteiger partial charge on any atom is -0.453 e. The Bertz CT molecular complexity index is 768. The van der Waals surface area contributed by atoms with E-state index in [0.717, 1.165) is 32.1 Å². The summed E-state index contributed by atoms with van der Waals surface area (Å²) in [6.07, 6.45) is 7.80. The summed E-state index contributed by atoms with van der Waals surface area (Å²) in [6.45, 7) is 17.4. The number of ether oxygens (including phenoxy) is 2. The molecular weight excluding hydrogens is 420 g/mol. The van der Waals surface area contributed by atoms with Crippen LogP contribution in [0.3, 0.4) is 0 Å². The second-order valence-electron chi connectivity index (χ2n) is 11.5. The van der Waals surface area contributed by atoms with Crippen LogP contribution in [-0.2, 0) is 9.47 Å². The molecule has 0 bridgehead atoms. The standard InChI is InChI=1S/C27H42N2O2.ClH/c1-6-7-12-28-13-15-29(16-14-28)24-19-30-25(31-24)23-11-9-8-10-22(23)21-17-26(2,3)20-27(4,5)18-21;/h8-11,19,21,25H,6-7,12-18,20H2,1-5H3;1H. The van der Waals surface area contributed by atoms with Crippen LogP contribution in [0, 0.1) is 10.8 Å². The van der Waals surface area contributed by atoms with Crippen LogP contribution >= 0.6 is 12.4 Å². The van der Waals surface area contributed by atoms with E-state index in [1.807, 2.05) is 6.26 Å². The Hall–Kier alpha value is -1.39. The number of unbranched alkanes of at least 4 members (excludes halogenated alkanes) is 1. The largest absolute Gasteiger partial charge is 0.453 e. The lowest BCUT2D eigenvalue weighted by Gasteiger charge is -2.45. The molecule has 0 N–H and O–H groups in total. The van der Waals surface area contributed by atoms with E-state index >= 15 is 0 Å². The maximum atomic E-state index is 6.39. The Balaban J connectivity index is 0.00000289. The molecule has 3 aliphatic rings. The molecule has 1 unspecified atom stereocenters. The lowest BCUT2D eigenvalue weighted by molar-refractivity contribution is -0.0573. The van der Waals surface area contributed by atoms with Gasteiger partial charge in [-0.1, -0.05) is 65.3 Å². The minimum atomic E-state index is -0.322. The van der Waals surface area contributed by atoms with Crippen LogP contribution in [0.2, 0.25) is 0 Å². The molecule has 1 aromatic carbocycles. The van der Waals surface area contributed by atoms with E-state index in [9.17, 15) is 0 Å². The first-order valence-electron chi connectivity index (χ1n) is 12.3. The van der Waals surface area contributed by atoms with Gasteiger partial charge in [-0.15, -0.1) is 12.4 Å². The van der Waals surface area contributed by atoms with E-state index in [1.165, 1.54) is 49.8 Å². The number of rotatable bonds is 6. The second-order valence-corrected chi connectivity index (χ2v) is 11.5. The first-order chi connectivity index (χ1) is 14.8. The Morgan fingerprint density at radius 2 is 1.56 bits per heavy atom. The van der Waals surface area contributed by atoms with E-state index < -0.39 is 0 Å². The highest BCUT2D eigenvalue weighted by Crippen LogP contribution is 2.53. The molecule has 5 heteroatoms. The molecule has 4 nitrogen and oxygen atoms in total. The maximum absolute atomic E-state index is 6.39. The number of piperazine rings is 1. The van der Waals surface area contributed by atoms with Crippen LogP contribution < -0.4 is 0 Å². The van der Waals surface area contributed by atoms with E-state index in [4.69, 9.17) is 9.47 Å². The molecule has 2 fully saturated rings. The van der Waals surface area contributed by atoms with Crippen LogP contribution in [0.4, 0.5) is 0 Å². The quantitative estimate of drug-likeness (QED) is 0.470. The molecular formula is C27H43ClN2O2. The molecule has 2 aliphatic heterocycles. The van der Waals surface area contributed by atoms with Crippen LogP contribution in [0.15, 0.2) is 36.4 Å². The first kappa shape index (κ1) is 25.2. The SMILES string of the molecule is CCCCN1CCN(C2=COC(c3ccccc3C3CC(C)(C)CC(C)(C)C3)O2)CC1.Cl. The lowest BCUT2D eigenvalue weighted by atomic mass is 9.60. The number of halogens is 1. The lowest BCUT2D eigenvalue weighted by Crippen LogP contribution is -2.46. The molecule has 0 radical (unpaired) electrons. The number of benzene rings is 1. The van der Waals surface area contributed by atoms with Crippen molar-refractivity contribution >= 4 is 12.4 Å². The molecule has 2 heterocycles. The first-order valence-corrected chi connectivity index (χ1v) is 12.3. The number of hydrogen-bond acceptors (Lipinski definition) is 4. The fourth-order valence-electron chi connectivity index (χ4n) is 6.31. The molecule has 0 aromatic heterocycles. The summed E-state index contributed by atoms with van der Waals surface area (Å²) < 4.78 is 12.5. The molecule has 0 amide bonds. The van der Waals surface area contributed by atoms with Crippen molar-refractivity contribution in [3.05, 3.63) is 47.5 Å². The second kappa shape index (κ2) is 10.3. The average Bonchev–Trinajstić information content (AvgIpc) is 3.20. The van der Waals surface area contributed by atoms with Gasteiger partial charge < -0.3 is 14.4 Å². The highest BCUT2D eigenvalue weighted by Gasteiger charge is 2.40. The highest BCUT2D eigenvalue weighted by molar-refractivity contribution is 5.85. The average molecular weight is 463 g/mol. The zero-order valence-electron chi connectivity index (χ0n) is 20.7. The maximum Gasteiger partial charge on any atom is 0.269 e. The third kappa shape index (κ3) is 5.94. The van der Waals surface area contributed by atoms with Gasteiger partial charge in [0.25, 0.3) is 6.29 Å². The van der Waals surface area contributed by atoms with Crippen molar-refractivity contribution in [3.8, 4) is 0 Å². The minimum absolute atomic E-state index is 0. The van der Waals surface area contributed by atoms with Crippen molar-refractivity contribution in [2.45, 2.75) is 78.9 Å². The summed E-state index contributed by atoms with van der Waals surface area (Å²) in [5.74, 6) is 1.45. The van der Waals surface area contributed by atoms with Gasteiger partial charge in [0.15, 0.2) is 0 Å². The Kier molecular flexibility index (Phi) is 8.09. The van der Waals surface area contributed by atoms with Crippen molar-refractivity contribution < 1.29 is 9.47 Å². The van der Waals surface area contributed by atoms with Crippen molar-refractivity contribution in [2.75, 3.05) is 32.7 Å². The van der Waals surface area contributed by atoms with Gasteiger partial charge in [-0.3, -0.25) is 4.90 Å². The Labute approximate surface area is 201 Å². The normalized spacial score (nSPS) is 25.5. The zero-order valence-corrected chi connectivity index (χ0v) is 21.5. The van der Waals surface area contributed by atoms with Crippen LogP contribution in [0.5, 0.6) is 0 Å². The molecule has 180 valence electrons. The van der Waals surface area contributed by atoms with E-state index in [2.05, 4.69) is 68.7 Å². The predicted molar refractivity (Wildman–Crippen MR) is 134 cm³/mol. The summed E-state index contributed by atoms with van der Waals surface area (Å²) in [5.41, 5.74) is 3.33. The van der Waals surface area contributed by atoms with Crippen molar-refractivity contribution in [3.63, 3.8) is 0 Å². The van der Waals surface area contributed by atoms with Crippen LogP contribution in [-0.4, -0.2) is 42.5 Å². The van der Waals surface area contributed by atoms with Crippen molar-refractivity contribution in [1.29, 1.82) is 0 Å². The molecule has 1 aliphatic carbocycles. The Morgan fingerprint density at radius 3 is 2.19 bits per heavy atom. The summed E-state index contributed by atoms with van der Waals surface area (Å²) in [4.78, 5) is 4.91. The number of hydrogen-bond donors (Lipinski definition) is 0. The third-order valence-electron chi connectivity index (χ3n) is 7.28. The van der Waals surface area contributed by atoms with Crippen molar-refractivity contribution in [2.24, 2.45) is 10.8 Å². The number of nitrogens with zero attached hydrogens (tertiary/aromatic N) is 2. The zero-order chi connectivity index (χ0) is 22.1. The van der Waals surface area contributed by atoms with Gasteiger partial charge in [-0.25, -0.2) is 0 Å². The molecule has 1 saturated carbocycles. The topological polar surface area (TPSA) is 24.9 Å². The molecule has 1 atom stereocenters. The van der Waals surface area contributed by atoms with Gasteiger partial charge in [-0.05, 0) is 54.5 Å². The predicted octanol–water partition coefficient (Wildman–Crippen LogP) is 6.69. The fraction of sp³-hybridized carbons (Fsp3) is 0.704. The van der Waals surface area contributed by atoms with Gasteiger partial charge >= 0.3 is 0 Å². The van der Waals surface area contributed by atoms with Crippen molar-refractivity contribution in [1.82, 2.24) is 9.80 Å². The molecule has 32 heavy (non-hydrogen) atoms. The summed E-state index contributed by atoms with van der Waals surface area (Å²) >= 11 is 0. The molecule has 1 aromatic rings. The monoisotopic (exact) mass is 462 g/mol. The van der Waals surface area contributed by atoms with E-state index in [0.29, 0.717) is 16.7 Å². The third-order valence-corrected chi connectivity index (χ3v) is 7.28. The van der Waals surface area contributed by atoms with Gasteiger partial charge in [-0.2, -0.15) is 0 Å². The highest BCUT2D eigenvalue weighted by atomic mass is 35.5. The van der Waals surface area contributed by atoms with Crippen LogP contribution in [0.1, 0.15) is 90.1 Å². The van der Waals surface area contributed by atoms with E-state index in [-0.39, 0.29) is 18.7 Å².